The third-order valence-electron chi connectivity index (χ3n) is 2.29. The van der Waals surface area contributed by atoms with E-state index in [2.05, 4.69) is 21.2 Å². The lowest BCUT2D eigenvalue weighted by Crippen LogP contribution is -2.28. The van der Waals surface area contributed by atoms with Gasteiger partial charge in [-0.3, -0.25) is 0 Å². The second-order valence-corrected chi connectivity index (χ2v) is 4.75. The monoisotopic (exact) mass is 360 g/mol. The van der Waals surface area contributed by atoms with Crippen LogP contribution >= 0.6 is 15.9 Å². The van der Waals surface area contributed by atoms with Crippen molar-refractivity contribution in [1.82, 2.24) is 0 Å². The van der Waals surface area contributed by atoms with E-state index < -0.39 is 30.4 Å². The van der Waals surface area contributed by atoms with Crippen molar-refractivity contribution in [2.24, 2.45) is 5.92 Å². The minimum Gasteiger partial charge on any atom is -0.383 e. The molecule has 1 aromatic rings. The second kappa shape index (κ2) is 5.91. The molecule has 1 aromatic carbocycles. The SMILES string of the molecule is N#CC(CNc1cc(Br)cc(C(F)(F)F)c1)C(F)(F)F. The quantitative estimate of drug-likeness (QED) is 0.800. The summed E-state index contributed by atoms with van der Waals surface area (Å²) in [5, 5.41) is 10.6. The first-order chi connectivity index (χ1) is 9.04. The molecule has 0 aliphatic rings. The van der Waals surface area contributed by atoms with Crippen LogP contribution in [0.25, 0.3) is 0 Å². The summed E-state index contributed by atoms with van der Waals surface area (Å²) >= 11 is 2.84. The van der Waals surface area contributed by atoms with Crippen LogP contribution < -0.4 is 5.32 Å². The van der Waals surface area contributed by atoms with E-state index in [1.165, 1.54) is 6.07 Å². The lowest BCUT2D eigenvalue weighted by atomic mass is 10.1. The Morgan fingerprint density at radius 3 is 2.20 bits per heavy atom. The van der Waals surface area contributed by atoms with Crippen LogP contribution in [-0.4, -0.2) is 12.7 Å². The van der Waals surface area contributed by atoms with Gasteiger partial charge in [-0.15, -0.1) is 0 Å². The smallest absolute Gasteiger partial charge is 0.383 e. The first-order valence-corrected chi connectivity index (χ1v) is 5.91. The normalized spacial score (nSPS) is 13.7. The lowest BCUT2D eigenvalue weighted by Gasteiger charge is -2.16. The number of benzene rings is 1. The zero-order valence-corrected chi connectivity index (χ0v) is 11.2. The third-order valence-corrected chi connectivity index (χ3v) is 2.74. The van der Waals surface area contributed by atoms with Crippen molar-refractivity contribution < 1.29 is 26.3 Å². The molecule has 0 spiro atoms. The van der Waals surface area contributed by atoms with E-state index in [0.29, 0.717) is 6.07 Å². The molecule has 0 amide bonds. The van der Waals surface area contributed by atoms with Gasteiger partial charge in [0, 0.05) is 16.7 Å². The van der Waals surface area contributed by atoms with Crippen molar-refractivity contribution in [3.63, 3.8) is 0 Å². The zero-order valence-electron chi connectivity index (χ0n) is 9.61. The van der Waals surface area contributed by atoms with Crippen LogP contribution in [0.4, 0.5) is 32.0 Å². The van der Waals surface area contributed by atoms with Gasteiger partial charge < -0.3 is 5.32 Å². The number of nitrogens with zero attached hydrogens (tertiary/aromatic N) is 1. The fourth-order valence-electron chi connectivity index (χ4n) is 1.31. The predicted octanol–water partition coefficient (Wildman–Crippen LogP) is 4.58. The summed E-state index contributed by atoms with van der Waals surface area (Å²) in [6, 6.07) is 3.72. The van der Waals surface area contributed by atoms with Gasteiger partial charge in [0.25, 0.3) is 0 Å². The van der Waals surface area contributed by atoms with Crippen LogP contribution in [0.15, 0.2) is 22.7 Å². The second-order valence-electron chi connectivity index (χ2n) is 3.83. The average molecular weight is 361 g/mol. The maximum absolute atomic E-state index is 12.5. The Morgan fingerprint density at radius 1 is 1.15 bits per heavy atom. The molecule has 2 nitrogen and oxygen atoms in total. The van der Waals surface area contributed by atoms with Crippen LogP contribution in [0, 0.1) is 17.2 Å². The molecule has 1 atom stereocenters. The number of alkyl halides is 6. The number of nitrogens with one attached hydrogen (secondary N) is 1. The molecule has 110 valence electrons. The molecule has 0 saturated carbocycles. The van der Waals surface area contributed by atoms with E-state index >= 15 is 0 Å². The van der Waals surface area contributed by atoms with Crippen LogP contribution in [0.1, 0.15) is 5.56 Å². The largest absolute Gasteiger partial charge is 0.416 e. The zero-order chi connectivity index (χ0) is 15.6. The lowest BCUT2D eigenvalue weighted by molar-refractivity contribution is -0.155. The minimum atomic E-state index is -4.74. The van der Waals surface area contributed by atoms with Gasteiger partial charge in [-0.25, -0.2) is 0 Å². The van der Waals surface area contributed by atoms with Gasteiger partial charge in [0.1, 0.15) is 0 Å². The molecule has 0 heterocycles. The Bertz CT molecular complexity index is 517. The summed E-state index contributed by atoms with van der Waals surface area (Å²) in [5.74, 6) is -2.30. The molecule has 0 aliphatic heterocycles. The summed E-state index contributed by atoms with van der Waals surface area (Å²) in [6.45, 7) is -0.826. The number of nitriles is 1. The molecule has 20 heavy (non-hydrogen) atoms. The van der Waals surface area contributed by atoms with Crippen molar-refractivity contribution in [2.45, 2.75) is 12.4 Å². The fourth-order valence-corrected chi connectivity index (χ4v) is 1.80. The highest BCUT2D eigenvalue weighted by atomic mass is 79.9. The van der Waals surface area contributed by atoms with Gasteiger partial charge in [0.2, 0.25) is 0 Å². The number of rotatable bonds is 3. The Hall–Kier alpha value is -1.43. The van der Waals surface area contributed by atoms with E-state index in [4.69, 9.17) is 5.26 Å². The predicted molar refractivity (Wildman–Crippen MR) is 62.8 cm³/mol. The summed E-state index contributed by atoms with van der Waals surface area (Å²) < 4.78 is 74.6. The number of hydrogen-bond donors (Lipinski definition) is 1. The van der Waals surface area contributed by atoms with E-state index in [0.717, 1.165) is 12.1 Å². The Kier molecular flexibility index (Phi) is 4.91. The van der Waals surface area contributed by atoms with Gasteiger partial charge in [0.15, 0.2) is 5.92 Å². The number of halogens is 7. The molecule has 0 aromatic heterocycles. The van der Waals surface area contributed by atoms with Crippen molar-refractivity contribution in [3.05, 3.63) is 28.2 Å². The van der Waals surface area contributed by atoms with Crippen LogP contribution in [0.5, 0.6) is 0 Å². The molecular weight excluding hydrogens is 354 g/mol. The Balaban J connectivity index is 2.89. The summed E-state index contributed by atoms with van der Waals surface area (Å²) in [6.07, 6.45) is -9.35. The maximum Gasteiger partial charge on any atom is 0.416 e. The maximum atomic E-state index is 12.5. The summed E-state index contributed by atoms with van der Waals surface area (Å²) in [4.78, 5) is 0. The van der Waals surface area contributed by atoms with E-state index in [9.17, 15) is 26.3 Å². The summed E-state index contributed by atoms with van der Waals surface area (Å²) in [7, 11) is 0. The number of anilines is 1. The molecule has 0 saturated heterocycles. The van der Waals surface area contributed by atoms with Gasteiger partial charge in [0.05, 0.1) is 11.6 Å². The standard InChI is InChI=1S/C11H7BrF6N2/c12-8-1-6(10(13,14)15)2-9(3-8)20-5-7(4-19)11(16,17)18/h1-3,7,20H,5H2. The van der Waals surface area contributed by atoms with Gasteiger partial charge in [-0.05, 0) is 18.2 Å². The van der Waals surface area contributed by atoms with Gasteiger partial charge in [-0.2, -0.15) is 31.6 Å². The molecule has 0 aliphatic carbocycles. The van der Waals surface area contributed by atoms with E-state index in [1.807, 2.05) is 0 Å². The average Bonchev–Trinajstić information content (AvgIpc) is 2.26. The fraction of sp³-hybridized carbons (Fsp3) is 0.364. The summed E-state index contributed by atoms with van der Waals surface area (Å²) in [5.41, 5.74) is -1.16. The topological polar surface area (TPSA) is 35.8 Å². The van der Waals surface area contributed by atoms with E-state index in [1.54, 1.807) is 0 Å². The van der Waals surface area contributed by atoms with Crippen molar-refractivity contribution in [1.29, 1.82) is 5.26 Å². The molecule has 1 rings (SSSR count). The van der Waals surface area contributed by atoms with Gasteiger partial charge >= 0.3 is 12.4 Å². The highest BCUT2D eigenvalue weighted by Crippen LogP contribution is 2.34. The molecule has 0 fully saturated rings. The van der Waals surface area contributed by atoms with Crippen LogP contribution in [0.3, 0.4) is 0 Å². The van der Waals surface area contributed by atoms with Crippen LogP contribution in [-0.2, 0) is 6.18 Å². The third kappa shape index (κ3) is 4.59. The minimum absolute atomic E-state index is 0.0651. The first kappa shape index (κ1) is 16.6. The van der Waals surface area contributed by atoms with Gasteiger partial charge in [-0.1, -0.05) is 15.9 Å². The molecule has 0 radical (unpaired) electrons. The highest BCUT2D eigenvalue weighted by Gasteiger charge is 2.39. The molecule has 1 unspecified atom stereocenters. The molecule has 1 N–H and O–H groups in total. The van der Waals surface area contributed by atoms with Crippen molar-refractivity contribution in [2.75, 3.05) is 11.9 Å². The molecule has 0 bridgehead atoms. The Morgan fingerprint density at radius 2 is 1.75 bits per heavy atom. The first-order valence-electron chi connectivity index (χ1n) is 5.12. The number of hydrogen-bond acceptors (Lipinski definition) is 2. The van der Waals surface area contributed by atoms with Crippen LogP contribution in [0.2, 0.25) is 0 Å². The van der Waals surface area contributed by atoms with Crippen molar-refractivity contribution >= 4 is 21.6 Å². The molecule has 9 heteroatoms. The highest BCUT2D eigenvalue weighted by molar-refractivity contribution is 9.10. The molecular formula is C11H7BrF6N2. The van der Waals surface area contributed by atoms with E-state index in [-0.39, 0.29) is 10.2 Å². The van der Waals surface area contributed by atoms with Crippen molar-refractivity contribution in [3.8, 4) is 6.07 Å². The Labute approximate surface area is 118 Å².